The third-order valence-corrected chi connectivity index (χ3v) is 6.89. The number of carbonyl (C=O) groups is 2. The summed E-state index contributed by atoms with van der Waals surface area (Å²) in [4.78, 5) is 26.0. The van der Waals surface area contributed by atoms with Crippen LogP contribution in [0.4, 0.5) is 0 Å². The van der Waals surface area contributed by atoms with Gasteiger partial charge in [0.15, 0.2) is 11.5 Å². The average Bonchev–Trinajstić information content (AvgIpc) is 3.14. The van der Waals surface area contributed by atoms with Gasteiger partial charge >= 0.3 is 0 Å². The molecule has 0 saturated heterocycles. The molecule has 1 aliphatic carbocycles. The molecular formula is C27H29NO4. The fourth-order valence-electron chi connectivity index (χ4n) is 5.25. The number of ketones is 1. The monoisotopic (exact) mass is 431 g/mol. The van der Waals surface area contributed by atoms with Gasteiger partial charge < -0.3 is 14.5 Å². The molecule has 0 bridgehead atoms. The second-order valence-electron chi connectivity index (χ2n) is 9.16. The number of benzene rings is 2. The van der Waals surface area contributed by atoms with Crippen LogP contribution in [0.2, 0.25) is 0 Å². The molecule has 5 heteroatoms. The number of rotatable bonds is 5. The number of carbonyl (C=O) groups excluding carboxylic acids is 2. The molecule has 1 N–H and O–H groups in total. The van der Waals surface area contributed by atoms with Crippen LogP contribution in [-0.4, -0.2) is 23.8 Å². The third-order valence-electron chi connectivity index (χ3n) is 6.89. The number of hydrogen-bond acceptors (Lipinski definition) is 4. The maximum absolute atomic E-state index is 13.2. The van der Waals surface area contributed by atoms with Crippen molar-refractivity contribution >= 4 is 22.7 Å². The second-order valence-corrected chi connectivity index (χ2v) is 9.16. The molecule has 32 heavy (non-hydrogen) atoms. The first-order chi connectivity index (χ1) is 15.6. The Bertz CT molecular complexity index is 1160. The van der Waals surface area contributed by atoms with Crippen LogP contribution in [0, 0.1) is 6.92 Å². The SMILES string of the molecule is Cc1c(C(=O)NCCCc2ccccc2)oc2ccc3c(c12)C(=O)CC1(CCCCC1)O3. The normalized spacial score (nSPS) is 17.2. The molecule has 1 amide bonds. The number of aryl methyl sites for hydroxylation is 2. The Morgan fingerprint density at radius 1 is 1.06 bits per heavy atom. The van der Waals surface area contributed by atoms with Gasteiger partial charge in [-0.25, -0.2) is 0 Å². The highest BCUT2D eigenvalue weighted by molar-refractivity contribution is 6.13. The highest BCUT2D eigenvalue weighted by Crippen LogP contribution is 2.45. The van der Waals surface area contributed by atoms with Crippen molar-refractivity contribution in [3.63, 3.8) is 0 Å². The first-order valence-corrected chi connectivity index (χ1v) is 11.7. The van der Waals surface area contributed by atoms with E-state index in [2.05, 4.69) is 17.4 Å². The highest BCUT2D eigenvalue weighted by Gasteiger charge is 2.42. The minimum Gasteiger partial charge on any atom is -0.486 e. The van der Waals surface area contributed by atoms with E-state index in [1.54, 1.807) is 0 Å². The summed E-state index contributed by atoms with van der Waals surface area (Å²) in [7, 11) is 0. The van der Waals surface area contributed by atoms with Crippen molar-refractivity contribution < 1.29 is 18.7 Å². The first kappa shape index (κ1) is 20.8. The minimum atomic E-state index is -0.355. The Kier molecular flexibility index (Phi) is 5.50. The zero-order chi connectivity index (χ0) is 22.1. The largest absolute Gasteiger partial charge is 0.486 e. The van der Waals surface area contributed by atoms with Gasteiger partial charge in [0.05, 0.1) is 12.0 Å². The molecule has 2 aromatic carbocycles. The highest BCUT2D eigenvalue weighted by atomic mass is 16.5. The number of ether oxygens (including phenoxy) is 1. The Morgan fingerprint density at radius 3 is 2.62 bits per heavy atom. The van der Waals surface area contributed by atoms with Crippen molar-refractivity contribution in [1.82, 2.24) is 5.32 Å². The van der Waals surface area contributed by atoms with Gasteiger partial charge in [-0.2, -0.15) is 0 Å². The van der Waals surface area contributed by atoms with E-state index in [1.807, 2.05) is 37.3 Å². The standard InChI is InChI=1S/C27H29NO4/c1-18-23-21(31-25(18)26(30)28-16-8-11-19-9-4-2-5-10-19)12-13-22-24(23)20(29)17-27(32-22)14-6-3-7-15-27/h2,4-5,9-10,12-13H,3,6-8,11,14-17H2,1H3,(H,28,30). The van der Waals surface area contributed by atoms with Gasteiger partial charge in [0, 0.05) is 17.5 Å². The number of nitrogens with one attached hydrogen (secondary N) is 1. The Balaban J connectivity index is 1.34. The van der Waals surface area contributed by atoms with E-state index in [4.69, 9.17) is 9.15 Å². The number of hydrogen-bond donors (Lipinski definition) is 1. The number of fused-ring (bicyclic) bond motifs is 3. The molecule has 0 radical (unpaired) electrons. The zero-order valence-corrected chi connectivity index (χ0v) is 18.5. The molecule has 2 aliphatic rings. The van der Waals surface area contributed by atoms with Crippen molar-refractivity contribution in [2.45, 2.75) is 63.9 Å². The van der Waals surface area contributed by atoms with E-state index >= 15 is 0 Å². The van der Waals surface area contributed by atoms with Gasteiger partial charge in [-0.1, -0.05) is 36.8 Å². The third kappa shape index (κ3) is 3.81. The summed E-state index contributed by atoms with van der Waals surface area (Å²) in [6, 6.07) is 13.9. The van der Waals surface area contributed by atoms with Crippen LogP contribution in [0.25, 0.3) is 11.0 Å². The molecule has 0 atom stereocenters. The summed E-state index contributed by atoms with van der Waals surface area (Å²) in [6.45, 7) is 2.41. The van der Waals surface area contributed by atoms with Crippen LogP contribution in [0.5, 0.6) is 5.75 Å². The molecule has 5 nitrogen and oxygen atoms in total. The smallest absolute Gasteiger partial charge is 0.287 e. The quantitative estimate of drug-likeness (QED) is 0.521. The fraction of sp³-hybridized carbons (Fsp3) is 0.407. The van der Waals surface area contributed by atoms with E-state index < -0.39 is 0 Å². The molecule has 166 valence electrons. The van der Waals surface area contributed by atoms with Crippen LogP contribution < -0.4 is 10.1 Å². The number of Topliss-reactive ketones (excluding diaryl/α,β-unsaturated/α-hetero) is 1. The minimum absolute atomic E-state index is 0.0949. The fourth-order valence-corrected chi connectivity index (χ4v) is 5.25. The van der Waals surface area contributed by atoms with Gasteiger partial charge in [-0.3, -0.25) is 9.59 Å². The molecule has 2 heterocycles. The summed E-state index contributed by atoms with van der Waals surface area (Å²) >= 11 is 0. The van der Waals surface area contributed by atoms with E-state index in [0.717, 1.165) is 38.5 Å². The molecule has 1 aromatic heterocycles. The number of furan rings is 1. The van der Waals surface area contributed by atoms with Gasteiger partial charge in [-0.05, 0) is 63.1 Å². The van der Waals surface area contributed by atoms with E-state index in [1.165, 1.54) is 12.0 Å². The lowest BCUT2D eigenvalue weighted by molar-refractivity contribution is 0.0139. The van der Waals surface area contributed by atoms with Crippen molar-refractivity contribution in [2.75, 3.05) is 6.54 Å². The van der Waals surface area contributed by atoms with Crippen molar-refractivity contribution in [1.29, 1.82) is 0 Å². The molecule has 1 spiro atoms. The van der Waals surface area contributed by atoms with E-state index in [0.29, 0.717) is 40.8 Å². The lowest BCUT2D eigenvalue weighted by atomic mass is 9.78. The molecule has 5 rings (SSSR count). The average molecular weight is 432 g/mol. The summed E-state index contributed by atoms with van der Waals surface area (Å²) in [5, 5.41) is 3.68. The van der Waals surface area contributed by atoms with E-state index in [9.17, 15) is 9.59 Å². The molecule has 1 fully saturated rings. The maximum Gasteiger partial charge on any atom is 0.287 e. The predicted octanol–water partition coefficient (Wildman–Crippen LogP) is 5.77. The van der Waals surface area contributed by atoms with Gasteiger partial charge in [0.25, 0.3) is 5.91 Å². The second kappa shape index (κ2) is 8.45. The Labute approximate surface area is 188 Å². The predicted molar refractivity (Wildman–Crippen MR) is 123 cm³/mol. The van der Waals surface area contributed by atoms with Gasteiger partial charge in [0.2, 0.25) is 0 Å². The van der Waals surface area contributed by atoms with E-state index in [-0.39, 0.29) is 23.1 Å². The molecule has 1 aliphatic heterocycles. The maximum atomic E-state index is 13.2. The van der Waals surface area contributed by atoms with Gasteiger partial charge in [0.1, 0.15) is 16.9 Å². The number of amides is 1. The topological polar surface area (TPSA) is 68.5 Å². The first-order valence-electron chi connectivity index (χ1n) is 11.7. The van der Waals surface area contributed by atoms with Crippen LogP contribution in [0.3, 0.4) is 0 Å². The van der Waals surface area contributed by atoms with Crippen LogP contribution in [0.15, 0.2) is 46.9 Å². The Hall–Kier alpha value is -3.08. The summed E-state index contributed by atoms with van der Waals surface area (Å²) in [5.41, 5.74) is 2.74. The molecule has 1 saturated carbocycles. The molecule has 3 aromatic rings. The lowest BCUT2D eigenvalue weighted by Gasteiger charge is -2.40. The summed E-state index contributed by atoms with van der Waals surface area (Å²) in [5.74, 6) is 0.763. The van der Waals surface area contributed by atoms with Crippen molar-refractivity contribution in [2.24, 2.45) is 0 Å². The molecular weight excluding hydrogens is 402 g/mol. The van der Waals surface area contributed by atoms with Crippen LogP contribution in [0.1, 0.15) is 77.0 Å². The summed E-state index contributed by atoms with van der Waals surface area (Å²) < 4.78 is 12.3. The van der Waals surface area contributed by atoms with Crippen molar-refractivity contribution in [3.05, 3.63) is 64.9 Å². The lowest BCUT2D eigenvalue weighted by Crippen LogP contribution is -2.43. The molecule has 0 unspecified atom stereocenters. The summed E-state index contributed by atoms with van der Waals surface area (Å²) in [6.07, 6.45) is 7.42. The van der Waals surface area contributed by atoms with Crippen LogP contribution in [-0.2, 0) is 6.42 Å². The van der Waals surface area contributed by atoms with Crippen molar-refractivity contribution in [3.8, 4) is 5.75 Å². The zero-order valence-electron chi connectivity index (χ0n) is 18.5. The Morgan fingerprint density at radius 2 is 1.84 bits per heavy atom. The van der Waals surface area contributed by atoms with Crippen LogP contribution >= 0.6 is 0 Å². The van der Waals surface area contributed by atoms with Gasteiger partial charge in [-0.15, -0.1) is 0 Å².